The molecule has 0 spiro atoms. The van der Waals surface area contributed by atoms with Gasteiger partial charge in [0.15, 0.2) is 0 Å². The van der Waals surface area contributed by atoms with Crippen LogP contribution in [-0.4, -0.2) is 20.9 Å². The molecule has 0 aliphatic carbocycles. The first-order valence-corrected chi connectivity index (χ1v) is 8.97. The van der Waals surface area contributed by atoms with E-state index in [1.807, 2.05) is 60.7 Å². The van der Waals surface area contributed by atoms with Crippen LogP contribution in [0.2, 0.25) is 0 Å². The molecule has 2 aromatic heterocycles. The second-order valence-electron chi connectivity index (χ2n) is 6.48. The number of fused-ring (bicyclic) bond motifs is 1. The van der Waals surface area contributed by atoms with Crippen molar-refractivity contribution >= 4 is 22.6 Å². The maximum atomic E-state index is 12.2. The number of aryl methyl sites for hydroxylation is 1. The van der Waals surface area contributed by atoms with E-state index >= 15 is 0 Å². The number of benzene rings is 2. The van der Waals surface area contributed by atoms with Crippen LogP contribution in [0.5, 0.6) is 0 Å². The van der Waals surface area contributed by atoms with Gasteiger partial charge < -0.3 is 10.3 Å². The van der Waals surface area contributed by atoms with Gasteiger partial charge in [-0.15, -0.1) is 0 Å². The molecule has 0 unspecified atom stereocenters. The van der Waals surface area contributed by atoms with E-state index in [4.69, 9.17) is 0 Å². The molecule has 0 aliphatic heterocycles. The number of hydrogen-bond acceptors (Lipinski definition) is 3. The van der Waals surface area contributed by atoms with Crippen molar-refractivity contribution < 1.29 is 4.79 Å². The molecule has 5 heteroatoms. The minimum atomic E-state index is -0.0164. The first-order valence-electron chi connectivity index (χ1n) is 8.97. The van der Waals surface area contributed by atoms with E-state index < -0.39 is 0 Å². The lowest BCUT2D eigenvalue weighted by Crippen LogP contribution is -2.12. The molecule has 0 atom stereocenters. The number of aromatic nitrogens is 3. The summed E-state index contributed by atoms with van der Waals surface area (Å²) >= 11 is 0. The van der Waals surface area contributed by atoms with Crippen LogP contribution < -0.4 is 5.32 Å². The smallest absolute Gasteiger partial charge is 0.224 e. The third-order valence-electron chi connectivity index (χ3n) is 4.42. The van der Waals surface area contributed by atoms with Crippen LogP contribution in [0.25, 0.3) is 11.0 Å². The number of nitrogens with zero attached hydrogens (tertiary/aromatic N) is 2. The Morgan fingerprint density at radius 2 is 1.67 bits per heavy atom. The average molecular weight is 356 g/mol. The van der Waals surface area contributed by atoms with Crippen LogP contribution >= 0.6 is 0 Å². The Labute approximate surface area is 157 Å². The lowest BCUT2D eigenvalue weighted by Gasteiger charge is -2.06. The number of carbonyl (C=O) groups is 1. The second-order valence-corrected chi connectivity index (χ2v) is 6.48. The van der Waals surface area contributed by atoms with Crippen LogP contribution in [0.3, 0.4) is 0 Å². The van der Waals surface area contributed by atoms with Gasteiger partial charge in [-0.25, -0.2) is 4.98 Å². The Balaban J connectivity index is 1.31. The normalized spacial score (nSPS) is 10.8. The molecule has 2 N–H and O–H groups in total. The third-order valence-corrected chi connectivity index (χ3v) is 4.42. The summed E-state index contributed by atoms with van der Waals surface area (Å²) in [5.74, 6) is 0.816. The number of H-pyrrole nitrogens is 1. The molecule has 134 valence electrons. The van der Waals surface area contributed by atoms with Crippen molar-refractivity contribution in [3.8, 4) is 0 Å². The zero-order valence-electron chi connectivity index (χ0n) is 14.9. The Kier molecular flexibility index (Phi) is 4.92. The molecule has 0 bridgehead atoms. The van der Waals surface area contributed by atoms with E-state index in [1.165, 1.54) is 11.1 Å². The molecular formula is C22H20N4O. The lowest BCUT2D eigenvalue weighted by molar-refractivity contribution is -0.116. The predicted molar refractivity (Wildman–Crippen MR) is 107 cm³/mol. The van der Waals surface area contributed by atoms with Gasteiger partial charge in [-0.1, -0.05) is 24.3 Å². The molecule has 27 heavy (non-hydrogen) atoms. The highest BCUT2D eigenvalue weighted by atomic mass is 16.1. The number of aromatic amines is 1. The summed E-state index contributed by atoms with van der Waals surface area (Å²) in [4.78, 5) is 24.0. The summed E-state index contributed by atoms with van der Waals surface area (Å²) in [6.07, 6.45) is 5.42. The lowest BCUT2D eigenvalue weighted by atomic mass is 10.1. The topological polar surface area (TPSA) is 70.7 Å². The number of amides is 1. The number of hydrogen-bond donors (Lipinski definition) is 2. The van der Waals surface area contributed by atoms with Gasteiger partial charge in [0.05, 0.1) is 11.0 Å². The Bertz CT molecular complexity index is 1010. The van der Waals surface area contributed by atoms with Crippen LogP contribution in [0.4, 0.5) is 5.69 Å². The molecule has 0 fully saturated rings. The summed E-state index contributed by atoms with van der Waals surface area (Å²) < 4.78 is 0. The highest BCUT2D eigenvalue weighted by Gasteiger charge is 2.07. The van der Waals surface area contributed by atoms with E-state index in [2.05, 4.69) is 20.3 Å². The van der Waals surface area contributed by atoms with Crippen molar-refractivity contribution in [2.75, 3.05) is 5.32 Å². The van der Waals surface area contributed by atoms with Crippen molar-refractivity contribution in [2.24, 2.45) is 0 Å². The number of nitrogens with one attached hydrogen (secondary N) is 2. The molecule has 1 amide bonds. The molecule has 0 saturated carbocycles. The number of para-hydroxylation sites is 2. The molecule has 0 saturated heterocycles. The maximum Gasteiger partial charge on any atom is 0.224 e. The van der Waals surface area contributed by atoms with E-state index in [-0.39, 0.29) is 5.91 Å². The van der Waals surface area contributed by atoms with Crippen molar-refractivity contribution in [1.29, 1.82) is 0 Å². The zero-order valence-corrected chi connectivity index (χ0v) is 14.9. The van der Waals surface area contributed by atoms with Gasteiger partial charge in [0, 0.05) is 30.9 Å². The minimum absolute atomic E-state index is 0.0164. The molecule has 4 rings (SSSR count). The SMILES string of the molecule is O=C(CCc1nc2ccccc2[nH]1)Nc1ccc(Cc2ccncc2)cc1. The summed E-state index contributed by atoms with van der Waals surface area (Å²) in [7, 11) is 0. The van der Waals surface area contributed by atoms with E-state index in [9.17, 15) is 4.79 Å². The first kappa shape index (κ1) is 17.0. The van der Waals surface area contributed by atoms with Gasteiger partial charge in [0.2, 0.25) is 5.91 Å². The average Bonchev–Trinajstić information content (AvgIpc) is 3.12. The molecule has 2 aromatic carbocycles. The maximum absolute atomic E-state index is 12.2. The van der Waals surface area contributed by atoms with E-state index in [0.29, 0.717) is 12.8 Å². The molecule has 4 aromatic rings. The summed E-state index contributed by atoms with van der Waals surface area (Å²) in [5.41, 5.74) is 5.15. The number of rotatable bonds is 6. The van der Waals surface area contributed by atoms with Crippen molar-refractivity contribution in [3.63, 3.8) is 0 Å². The van der Waals surface area contributed by atoms with Gasteiger partial charge in [0.25, 0.3) is 0 Å². The first-order chi connectivity index (χ1) is 13.3. The third kappa shape index (κ3) is 4.39. The zero-order chi connectivity index (χ0) is 18.5. The highest BCUT2D eigenvalue weighted by molar-refractivity contribution is 5.90. The van der Waals surface area contributed by atoms with Crippen LogP contribution in [0.15, 0.2) is 73.1 Å². The van der Waals surface area contributed by atoms with Crippen molar-refractivity contribution in [3.05, 3.63) is 90.0 Å². The molecule has 5 nitrogen and oxygen atoms in total. The number of pyridine rings is 1. The van der Waals surface area contributed by atoms with Gasteiger partial charge in [-0.2, -0.15) is 0 Å². The number of anilines is 1. The summed E-state index contributed by atoms with van der Waals surface area (Å²) in [6.45, 7) is 0. The minimum Gasteiger partial charge on any atom is -0.342 e. The van der Waals surface area contributed by atoms with Crippen molar-refractivity contribution in [1.82, 2.24) is 15.0 Å². The van der Waals surface area contributed by atoms with Gasteiger partial charge in [-0.3, -0.25) is 9.78 Å². The van der Waals surface area contributed by atoms with Gasteiger partial charge in [-0.05, 0) is 53.9 Å². The van der Waals surface area contributed by atoms with Crippen molar-refractivity contribution in [2.45, 2.75) is 19.3 Å². The Hall–Kier alpha value is -3.47. The Morgan fingerprint density at radius 1 is 0.926 bits per heavy atom. The predicted octanol–water partition coefficient (Wildman–Crippen LogP) is 4.12. The van der Waals surface area contributed by atoms with Crippen LogP contribution in [0.1, 0.15) is 23.4 Å². The van der Waals surface area contributed by atoms with Gasteiger partial charge >= 0.3 is 0 Å². The molecule has 0 aliphatic rings. The largest absolute Gasteiger partial charge is 0.342 e. The fourth-order valence-corrected chi connectivity index (χ4v) is 3.02. The highest BCUT2D eigenvalue weighted by Crippen LogP contribution is 2.15. The van der Waals surface area contributed by atoms with Gasteiger partial charge in [0.1, 0.15) is 5.82 Å². The van der Waals surface area contributed by atoms with E-state index in [1.54, 1.807) is 12.4 Å². The van der Waals surface area contributed by atoms with Crippen LogP contribution in [0, 0.1) is 0 Å². The quantitative estimate of drug-likeness (QED) is 0.546. The van der Waals surface area contributed by atoms with E-state index in [0.717, 1.165) is 29.0 Å². The molecule has 2 heterocycles. The van der Waals surface area contributed by atoms with Crippen LogP contribution in [-0.2, 0) is 17.6 Å². The Morgan fingerprint density at radius 3 is 2.44 bits per heavy atom. The standard InChI is InChI=1S/C22H20N4O/c27-22(10-9-21-25-19-3-1-2-4-20(19)26-21)24-18-7-5-16(6-8-18)15-17-11-13-23-14-12-17/h1-8,11-14H,9-10,15H2,(H,24,27)(H,25,26). The molecule has 0 radical (unpaired) electrons. The molecular weight excluding hydrogens is 336 g/mol. The monoisotopic (exact) mass is 356 g/mol. The fourth-order valence-electron chi connectivity index (χ4n) is 3.02. The fraction of sp³-hybridized carbons (Fsp3) is 0.136. The summed E-state index contributed by atoms with van der Waals surface area (Å²) in [6, 6.07) is 19.8. The second kappa shape index (κ2) is 7.83. The number of imidazole rings is 1. The summed E-state index contributed by atoms with van der Waals surface area (Å²) in [5, 5.41) is 2.95. The number of carbonyl (C=O) groups excluding carboxylic acids is 1.